The zero-order valence-corrected chi connectivity index (χ0v) is 25.0. The van der Waals surface area contributed by atoms with E-state index in [1.807, 2.05) is 90.1 Å². The van der Waals surface area contributed by atoms with Crippen LogP contribution in [0, 0.1) is 6.92 Å². The molecule has 212 valence electrons. The van der Waals surface area contributed by atoms with E-state index in [0.29, 0.717) is 29.5 Å². The molecule has 1 atom stereocenters. The third kappa shape index (κ3) is 4.01. The summed E-state index contributed by atoms with van der Waals surface area (Å²) in [6, 6.07) is 19.0. The number of hydrogen-bond donors (Lipinski definition) is 2. The molecule has 3 aromatic carbocycles. The van der Waals surface area contributed by atoms with Crippen molar-refractivity contribution in [3.8, 4) is 5.75 Å². The van der Waals surface area contributed by atoms with Crippen molar-refractivity contribution in [2.24, 2.45) is 14.1 Å². The lowest BCUT2D eigenvalue weighted by Crippen LogP contribution is -2.31. The molecule has 0 saturated carbocycles. The van der Waals surface area contributed by atoms with Gasteiger partial charge in [0, 0.05) is 71.4 Å². The molecule has 4 heterocycles. The first-order valence-corrected chi connectivity index (χ1v) is 15.2. The standard InChI is InChI=1S/C33H29ClN4O3S/c1-18-17-42-31-28(39)15-25-30(29(18)31)20(10-11-34)16-38(25)33(41)27-14-21-12-22(8-9-24(21)37(27)3)35-32(40)26-13-19-6-4-5-7-23(19)36(26)2/h4-9,12-15,17,20,39H,10-11,16H2,1-3H3,(H,35,40)/t20-/m0/s1. The maximum absolute atomic E-state index is 14.1. The molecule has 0 saturated heterocycles. The van der Waals surface area contributed by atoms with Crippen molar-refractivity contribution in [2.45, 2.75) is 19.3 Å². The number of fused-ring (bicyclic) bond motifs is 5. The van der Waals surface area contributed by atoms with Crippen LogP contribution in [-0.2, 0) is 14.1 Å². The van der Waals surface area contributed by atoms with Crippen LogP contribution in [0.2, 0.25) is 0 Å². The smallest absolute Gasteiger partial charge is 0.274 e. The van der Waals surface area contributed by atoms with Crippen LogP contribution in [0.1, 0.15) is 44.4 Å². The van der Waals surface area contributed by atoms with Crippen LogP contribution < -0.4 is 10.2 Å². The Morgan fingerprint density at radius 2 is 1.74 bits per heavy atom. The molecule has 0 unspecified atom stereocenters. The molecular formula is C33H29ClN4O3S. The minimum atomic E-state index is -0.200. The Bertz CT molecular complexity index is 2070. The third-order valence-corrected chi connectivity index (χ3v) is 9.87. The summed E-state index contributed by atoms with van der Waals surface area (Å²) in [6.45, 7) is 2.55. The highest BCUT2D eigenvalue weighted by atomic mass is 35.5. The highest BCUT2D eigenvalue weighted by Gasteiger charge is 2.36. The number of phenolic OH excluding ortho intramolecular Hbond substituents is 1. The van der Waals surface area contributed by atoms with Crippen molar-refractivity contribution >= 4 is 78.0 Å². The molecule has 0 aliphatic carbocycles. The number of carbonyl (C=O) groups excluding carboxylic acids is 2. The van der Waals surface area contributed by atoms with Crippen LogP contribution >= 0.6 is 22.9 Å². The fraction of sp³-hybridized carbons (Fsp3) is 0.212. The van der Waals surface area contributed by atoms with Gasteiger partial charge in [0.2, 0.25) is 0 Å². The zero-order chi connectivity index (χ0) is 29.3. The van der Waals surface area contributed by atoms with Crippen molar-refractivity contribution in [2.75, 3.05) is 22.6 Å². The number of benzene rings is 3. The predicted octanol–water partition coefficient (Wildman–Crippen LogP) is 7.52. The molecule has 0 radical (unpaired) electrons. The quantitative estimate of drug-likeness (QED) is 0.202. The Balaban J connectivity index is 1.22. The number of phenols is 1. The summed E-state index contributed by atoms with van der Waals surface area (Å²) in [7, 11) is 3.76. The minimum Gasteiger partial charge on any atom is -0.506 e. The van der Waals surface area contributed by atoms with Gasteiger partial charge in [0.25, 0.3) is 11.8 Å². The first kappa shape index (κ1) is 26.6. The van der Waals surface area contributed by atoms with E-state index in [2.05, 4.69) is 5.32 Å². The third-order valence-electron chi connectivity index (χ3n) is 8.53. The van der Waals surface area contributed by atoms with Gasteiger partial charge in [-0.05, 0) is 66.2 Å². The molecule has 2 amide bonds. The van der Waals surface area contributed by atoms with E-state index in [-0.39, 0.29) is 23.5 Å². The van der Waals surface area contributed by atoms with Gasteiger partial charge in [-0.1, -0.05) is 18.2 Å². The largest absolute Gasteiger partial charge is 0.506 e. The molecule has 42 heavy (non-hydrogen) atoms. The van der Waals surface area contributed by atoms with Crippen molar-refractivity contribution in [3.05, 3.63) is 88.6 Å². The summed E-state index contributed by atoms with van der Waals surface area (Å²) >= 11 is 7.72. The number of aromatic nitrogens is 2. The molecule has 9 heteroatoms. The first-order chi connectivity index (χ1) is 20.3. The monoisotopic (exact) mass is 596 g/mol. The number of rotatable bonds is 5. The summed E-state index contributed by atoms with van der Waals surface area (Å²) in [5.41, 5.74) is 6.55. The topological polar surface area (TPSA) is 79.5 Å². The lowest BCUT2D eigenvalue weighted by Gasteiger charge is -2.18. The van der Waals surface area contributed by atoms with Gasteiger partial charge in [-0.15, -0.1) is 22.9 Å². The second-order valence-electron chi connectivity index (χ2n) is 11.0. The first-order valence-electron chi connectivity index (χ1n) is 13.8. The summed E-state index contributed by atoms with van der Waals surface area (Å²) in [6.07, 6.45) is 0.738. The number of para-hydroxylation sites is 1. The van der Waals surface area contributed by atoms with E-state index in [1.54, 1.807) is 11.0 Å². The molecule has 2 N–H and O–H groups in total. The van der Waals surface area contributed by atoms with Gasteiger partial charge in [0.05, 0.1) is 10.4 Å². The molecule has 3 aromatic heterocycles. The number of hydrogen-bond acceptors (Lipinski definition) is 4. The second-order valence-corrected chi connectivity index (χ2v) is 12.3. The Morgan fingerprint density at radius 1 is 1.00 bits per heavy atom. The number of carbonyl (C=O) groups is 2. The predicted molar refractivity (Wildman–Crippen MR) is 172 cm³/mol. The molecule has 1 aliphatic rings. The molecule has 7 rings (SSSR count). The lowest BCUT2D eigenvalue weighted by molar-refractivity contribution is 0.0979. The second kappa shape index (κ2) is 9.93. The number of aryl methyl sites for hydroxylation is 3. The number of amides is 2. The van der Waals surface area contributed by atoms with Gasteiger partial charge < -0.3 is 24.5 Å². The summed E-state index contributed by atoms with van der Waals surface area (Å²) in [5, 5.41) is 18.8. The molecule has 0 fully saturated rings. The minimum absolute atomic E-state index is 0.0866. The Morgan fingerprint density at radius 3 is 2.52 bits per heavy atom. The van der Waals surface area contributed by atoms with Crippen molar-refractivity contribution in [1.82, 2.24) is 9.13 Å². The summed E-state index contributed by atoms with van der Waals surface area (Å²) in [5.74, 6) is 0.422. The molecule has 1 aliphatic heterocycles. The molecule has 0 spiro atoms. The van der Waals surface area contributed by atoms with E-state index in [1.165, 1.54) is 11.3 Å². The van der Waals surface area contributed by atoms with E-state index >= 15 is 0 Å². The lowest BCUT2D eigenvalue weighted by atomic mass is 9.94. The van der Waals surface area contributed by atoms with Crippen molar-refractivity contribution < 1.29 is 14.7 Å². The maximum Gasteiger partial charge on any atom is 0.274 e. The van der Waals surface area contributed by atoms with Gasteiger partial charge in [-0.25, -0.2) is 0 Å². The number of aromatic hydroxyl groups is 1. The Hall–Kier alpha value is -4.27. The highest BCUT2D eigenvalue weighted by Crippen LogP contribution is 2.49. The van der Waals surface area contributed by atoms with Gasteiger partial charge in [-0.2, -0.15) is 0 Å². The normalized spacial score (nSPS) is 14.8. The Kier molecular flexibility index (Phi) is 6.29. The number of nitrogens with zero attached hydrogens (tertiary/aromatic N) is 3. The summed E-state index contributed by atoms with van der Waals surface area (Å²) in [4.78, 5) is 29.1. The fourth-order valence-corrected chi connectivity index (χ4v) is 7.69. The molecular weight excluding hydrogens is 568 g/mol. The number of thiophene rings is 1. The van der Waals surface area contributed by atoms with Crippen molar-refractivity contribution in [3.63, 3.8) is 0 Å². The van der Waals surface area contributed by atoms with Crippen molar-refractivity contribution in [1.29, 1.82) is 0 Å². The highest BCUT2D eigenvalue weighted by molar-refractivity contribution is 7.17. The number of anilines is 2. The van der Waals surface area contributed by atoms with Crippen LogP contribution in [0.5, 0.6) is 5.75 Å². The van der Waals surface area contributed by atoms with Crippen LogP contribution in [0.25, 0.3) is 31.9 Å². The van der Waals surface area contributed by atoms with E-state index in [4.69, 9.17) is 11.6 Å². The molecule has 6 aromatic rings. The van der Waals surface area contributed by atoms with Gasteiger partial charge >= 0.3 is 0 Å². The molecule has 7 nitrogen and oxygen atoms in total. The SMILES string of the molecule is Cc1csc2c(O)cc3c(c12)[C@@H](CCCl)CN3C(=O)c1cc2cc(NC(=O)c3cc4ccccc4n3C)ccc2n1C. The number of nitrogens with one attached hydrogen (secondary N) is 1. The number of alkyl halides is 1. The van der Waals surface area contributed by atoms with E-state index in [9.17, 15) is 14.7 Å². The average Bonchev–Trinajstić information content (AvgIpc) is 3.72. The van der Waals surface area contributed by atoms with Crippen LogP contribution in [0.15, 0.2) is 66.0 Å². The van der Waals surface area contributed by atoms with Gasteiger partial charge in [-0.3, -0.25) is 9.59 Å². The maximum atomic E-state index is 14.1. The summed E-state index contributed by atoms with van der Waals surface area (Å²) < 4.78 is 4.62. The van der Waals surface area contributed by atoms with Gasteiger partial charge in [0.15, 0.2) is 0 Å². The Labute approximate surface area is 251 Å². The van der Waals surface area contributed by atoms with Crippen LogP contribution in [0.4, 0.5) is 11.4 Å². The number of halogens is 1. The van der Waals surface area contributed by atoms with Crippen LogP contribution in [-0.4, -0.2) is 38.5 Å². The molecule has 0 bridgehead atoms. The van der Waals surface area contributed by atoms with Crippen LogP contribution in [0.3, 0.4) is 0 Å². The van der Waals surface area contributed by atoms with E-state index < -0.39 is 0 Å². The zero-order valence-electron chi connectivity index (χ0n) is 23.4. The van der Waals surface area contributed by atoms with E-state index in [0.717, 1.165) is 55.1 Å². The fourth-order valence-electron chi connectivity index (χ4n) is 6.45. The van der Waals surface area contributed by atoms with Gasteiger partial charge in [0.1, 0.15) is 17.1 Å². The average molecular weight is 597 g/mol.